The molecule has 0 atom stereocenters. The lowest BCUT2D eigenvalue weighted by molar-refractivity contribution is -0.496. The molecule has 45 heavy (non-hydrogen) atoms. The third-order valence-electron chi connectivity index (χ3n) is 8.55. The molecule has 1 aliphatic carbocycles. The highest BCUT2D eigenvalue weighted by molar-refractivity contribution is 6.98. The molecule has 1 N–H and O–H groups in total. The van der Waals surface area contributed by atoms with Crippen molar-refractivity contribution in [2.45, 2.75) is 25.9 Å². The molecule has 0 bridgehead atoms. The van der Waals surface area contributed by atoms with Gasteiger partial charge in [0, 0.05) is 44.3 Å². The molecule has 12 heteroatoms. The van der Waals surface area contributed by atoms with Crippen LogP contribution in [0.1, 0.15) is 44.7 Å². The molecule has 0 spiro atoms. The molecule has 1 fully saturated rings. The number of carbonyl (C=O) groups excluding carboxylic acids is 3. The average Bonchev–Trinajstić information content (AvgIpc) is 3.33. The number of alkyl halides is 2. The number of hydrogen-bond acceptors (Lipinski definition) is 6. The number of amides is 2. The van der Waals surface area contributed by atoms with Crippen molar-refractivity contribution < 1.29 is 42.5 Å². The van der Waals surface area contributed by atoms with E-state index in [1.54, 1.807) is 14.1 Å². The van der Waals surface area contributed by atoms with Gasteiger partial charge >= 0.3 is 11.9 Å². The highest BCUT2D eigenvalue weighted by atomic mass is 28.3. The molecule has 0 radical (unpaired) electrons. The normalized spacial score (nSPS) is 18.0. The van der Waals surface area contributed by atoms with E-state index in [9.17, 15) is 33.1 Å². The maximum Gasteiger partial charge on any atom is 0.363 e. The number of aromatic carboxylic acids is 1. The number of hydroxylamine groups is 2. The first-order valence-corrected chi connectivity index (χ1v) is 17.6. The lowest BCUT2D eigenvalue weighted by atomic mass is 9.86. The number of carboxylic acids is 1. The second-order valence-electron chi connectivity index (χ2n) is 11.7. The quantitative estimate of drug-likeness (QED) is 0.254. The Hall–Kier alpha value is -4.71. The van der Waals surface area contributed by atoms with E-state index < -0.39 is 45.2 Å². The van der Waals surface area contributed by atoms with Gasteiger partial charge in [-0.3, -0.25) is 9.59 Å². The lowest BCUT2D eigenvalue weighted by Crippen LogP contribution is -2.50. The van der Waals surface area contributed by atoms with Gasteiger partial charge in [0.1, 0.15) is 28.5 Å². The summed E-state index contributed by atoms with van der Waals surface area (Å²) in [5.41, 5.74) is 3.87. The van der Waals surface area contributed by atoms with Crippen LogP contribution in [0.15, 0.2) is 65.4 Å². The molecule has 2 aliphatic heterocycles. The summed E-state index contributed by atoms with van der Waals surface area (Å²) in [5.74, 6) is -3.45. The highest BCUT2D eigenvalue weighted by Gasteiger charge is 2.41. The molecule has 9 nitrogen and oxygen atoms in total. The fourth-order valence-electron chi connectivity index (χ4n) is 5.96. The van der Waals surface area contributed by atoms with Crippen molar-refractivity contribution in [2.75, 3.05) is 45.4 Å². The summed E-state index contributed by atoms with van der Waals surface area (Å²) in [5, 5.41) is 12.7. The van der Waals surface area contributed by atoms with Crippen molar-refractivity contribution in [3.05, 3.63) is 87.6 Å². The van der Waals surface area contributed by atoms with E-state index >= 15 is 0 Å². The third kappa shape index (κ3) is 5.77. The molecular formula is C33H34F2N3O6Si+. The Kier molecular flexibility index (Phi) is 8.70. The minimum absolute atomic E-state index is 0.0428. The van der Waals surface area contributed by atoms with Crippen LogP contribution in [0.4, 0.5) is 14.5 Å². The summed E-state index contributed by atoms with van der Waals surface area (Å²) in [4.78, 5) is 56.9. The number of nitrogens with zero attached hydrogens (tertiary/aromatic N) is 3. The van der Waals surface area contributed by atoms with Crippen LogP contribution in [-0.2, 0) is 14.4 Å². The Morgan fingerprint density at radius 1 is 1.02 bits per heavy atom. The fourth-order valence-corrected chi connectivity index (χ4v) is 9.03. The van der Waals surface area contributed by atoms with Crippen LogP contribution in [0.5, 0.6) is 0 Å². The van der Waals surface area contributed by atoms with E-state index in [4.69, 9.17) is 4.84 Å². The van der Waals surface area contributed by atoms with Crippen LogP contribution < -0.4 is 10.1 Å². The van der Waals surface area contributed by atoms with E-state index in [0.717, 1.165) is 32.9 Å². The van der Waals surface area contributed by atoms with Gasteiger partial charge < -0.3 is 14.8 Å². The summed E-state index contributed by atoms with van der Waals surface area (Å²) in [6.45, 7) is 3.68. The molecule has 1 saturated heterocycles. The van der Waals surface area contributed by atoms with E-state index in [0.29, 0.717) is 10.6 Å². The Morgan fingerprint density at radius 3 is 2.38 bits per heavy atom. The van der Waals surface area contributed by atoms with Crippen LogP contribution in [-0.4, -0.2) is 92.8 Å². The number of benzene rings is 2. The number of anilines is 1. The number of imide groups is 1. The summed E-state index contributed by atoms with van der Waals surface area (Å²) in [6.07, 6.45) is 5.64. The largest absolute Gasteiger partial charge is 0.478 e. The molecule has 234 valence electrons. The first kappa shape index (κ1) is 31.7. The highest BCUT2D eigenvalue weighted by Crippen LogP contribution is 2.43. The number of hydrogen-bond donors (Lipinski definition) is 1. The summed E-state index contributed by atoms with van der Waals surface area (Å²) < 4.78 is 28.4. The van der Waals surface area contributed by atoms with Gasteiger partial charge in [0.05, 0.1) is 11.1 Å². The van der Waals surface area contributed by atoms with Crippen LogP contribution in [0.3, 0.4) is 0 Å². The van der Waals surface area contributed by atoms with Gasteiger partial charge in [-0.15, -0.1) is 5.06 Å². The van der Waals surface area contributed by atoms with E-state index in [1.807, 2.05) is 45.9 Å². The summed E-state index contributed by atoms with van der Waals surface area (Å²) >= 11 is 0. The summed E-state index contributed by atoms with van der Waals surface area (Å²) in [6, 6.07) is 9.77. The smallest absolute Gasteiger partial charge is 0.363 e. The molecule has 0 aromatic heterocycles. The fraction of sp³-hybridized carbons (Fsp3) is 0.303. The molecule has 2 heterocycles. The first-order chi connectivity index (χ1) is 21.4. The van der Waals surface area contributed by atoms with Crippen LogP contribution >= 0.6 is 0 Å². The number of halogens is 2. The molecule has 0 saturated carbocycles. The second kappa shape index (κ2) is 12.4. The summed E-state index contributed by atoms with van der Waals surface area (Å²) in [7, 11) is 1.09. The predicted octanol–water partition coefficient (Wildman–Crippen LogP) is 3.83. The minimum atomic E-state index is -2.51. The molecule has 5 rings (SSSR count). The zero-order chi connectivity index (χ0) is 32.6. The molecule has 2 aromatic rings. The molecule has 2 aromatic carbocycles. The number of carboxylic acid groups (broad SMARTS) is 1. The topological polar surface area (TPSA) is 107 Å². The number of carbonyl (C=O) groups is 4. The van der Waals surface area contributed by atoms with Gasteiger partial charge in [0.15, 0.2) is 12.3 Å². The molecule has 0 unspecified atom stereocenters. The van der Waals surface area contributed by atoms with Crippen molar-refractivity contribution in [3.63, 3.8) is 0 Å². The maximum atomic E-state index is 13.3. The maximum absolute atomic E-state index is 13.3. The van der Waals surface area contributed by atoms with Crippen molar-refractivity contribution in [2.24, 2.45) is 0 Å². The van der Waals surface area contributed by atoms with Crippen molar-refractivity contribution in [1.82, 2.24) is 5.06 Å². The Labute approximate surface area is 260 Å². The SMILES string of the molecule is CN(CCF)c1ccc2c(c1)[Si](C)(C)C1=CC(=[N+](C)CCF)C=CC1=C2c1cc(C(=O)ON2C(=O)CCC2=O)ccc1C(=O)O. The Bertz CT molecular complexity index is 1740. The van der Waals surface area contributed by atoms with Crippen molar-refractivity contribution in [3.8, 4) is 0 Å². The zero-order valence-corrected chi connectivity index (χ0v) is 26.5. The molecular weight excluding hydrogens is 600 g/mol. The van der Waals surface area contributed by atoms with Crippen LogP contribution in [0.25, 0.3) is 5.57 Å². The molecule has 3 aliphatic rings. The van der Waals surface area contributed by atoms with Gasteiger partial charge in [0.2, 0.25) is 0 Å². The van der Waals surface area contributed by atoms with Gasteiger partial charge in [-0.1, -0.05) is 19.2 Å². The van der Waals surface area contributed by atoms with Crippen LogP contribution in [0.2, 0.25) is 13.1 Å². The van der Waals surface area contributed by atoms with Gasteiger partial charge in [0.25, 0.3) is 11.8 Å². The van der Waals surface area contributed by atoms with Crippen molar-refractivity contribution in [1.29, 1.82) is 0 Å². The van der Waals surface area contributed by atoms with Crippen LogP contribution in [0, 0.1) is 0 Å². The molecule has 2 amide bonds. The third-order valence-corrected chi connectivity index (χ3v) is 12.1. The van der Waals surface area contributed by atoms with Crippen molar-refractivity contribution >= 4 is 54.0 Å². The standard InChI is InChI=1S/C33H33F2N3O6Si/c1-36(15-13-34)21-6-9-24-27(18-21)45(3,4)28-19-22(37(2)16-14-35)7-10-25(28)31(24)26-17-20(5-8-23(26)32(41)42)33(43)44-38-29(39)11-12-30(38)40/h5-10,17-19H,11-16H2,1-4H3/p+1. The minimum Gasteiger partial charge on any atom is -0.478 e. The van der Waals surface area contributed by atoms with E-state index in [1.165, 1.54) is 18.2 Å². The van der Waals surface area contributed by atoms with E-state index in [-0.39, 0.29) is 42.6 Å². The number of rotatable bonds is 9. The zero-order valence-electron chi connectivity index (χ0n) is 25.5. The van der Waals surface area contributed by atoms with E-state index in [2.05, 4.69) is 13.1 Å². The predicted molar refractivity (Wildman–Crippen MR) is 168 cm³/mol. The van der Waals surface area contributed by atoms with Gasteiger partial charge in [-0.05, 0) is 69.1 Å². The Morgan fingerprint density at radius 2 is 1.73 bits per heavy atom. The number of allylic oxidation sites excluding steroid dienone is 5. The average molecular weight is 635 g/mol. The first-order valence-electron chi connectivity index (χ1n) is 14.6. The number of fused-ring (bicyclic) bond motifs is 2. The monoisotopic (exact) mass is 634 g/mol. The Balaban J connectivity index is 1.76. The second-order valence-corrected chi connectivity index (χ2v) is 16.0. The van der Waals surface area contributed by atoms with Gasteiger partial charge in [-0.25, -0.2) is 22.9 Å². The lowest BCUT2D eigenvalue weighted by Gasteiger charge is -2.38. The van der Waals surface area contributed by atoms with Gasteiger partial charge in [-0.2, -0.15) is 0 Å².